The lowest BCUT2D eigenvalue weighted by atomic mass is 9.87. The van der Waals surface area contributed by atoms with Gasteiger partial charge in [0.2, 0.25) is 10.0 Å². The lowest BCUT2D eigenvalue weighted by Crippen LogP contribution is -2.40. The van der Waals surface area contributed by atoms with Crippen LogP contribution >= 0.6 is 0 Å². The van der Waals surface area contributed by atoms with Crippen LogP contribution in [0.4, 0.5) is 0 Å². The van der Waals surface area contributed by atoms with Gasteiger partial charge in [-0.05, 0) is 38.0 Å². The average Bonchev–Trinajstić information content (AvgIpc) is 2.35. The highest BCUT2D eigenvalue weighted by Crippen LogP contribution is 2.28. The van der Waals surface area contributed by atoms with Crippen LogP contribution in [0.15, 0.2) is 0 Å². The molecule has 1 rings (SSSR count). The third-order valence-corrected chi connectivity index (χ3v) is 5.76. The summed E-state index contributed by atoms with van der Waals surface area (Å²) in [5, 5.41) is 9.06. The second-order valence-electron chi connectivity index (χ2n) is 5.04. The highest BCUT2D eigenvalue weighted by molar-refractivity contribution is 7.89. The molecular formula is C12H25NO3S. The number of unbranched alkanes of at least 4 members (excludes halogenated alkanes) is 1. The number of aliphatic hydroxyl groups is 1. The average molecular weight is 263 g/mol. The smallest absolute Gasteiger partial charge is 0.214 e. The number of hydrogen-bond donors (Lipinski definition) is 1. The Kier molecular flexibility index (Phi) is 5.89. The third kappa shape index (κ3) is 4.23. The Hall–Kier alpha value is -0.130. The van der Waals surface area contributed by atoms with Gasteiger partial charge in [-0.15, -0.1) is 0 Å². The van der Waals surface area contributed by atoms with Gasteiger partial charge in [0.1, 0.15) is 0 Å². The van der Waals surface area contributed by atoms with E-state index >= 15 is 0 Å². The van der Waals surface area contributed by atoms with Crippen LogP contribution in [0.2, 0.25) is 0 Å². The molecule has 0 aliphatic heterocycles. The third-order valence-electron chi connectivity index (χ3n) is 3.78. The molecule has 0 heterocycles. The second-order valence-corrected chi connectivity index (χ2v) is 7.19. The van der Waals surface area contributed by atoms with Crippen LogP contribution in [-0.4, -0.2) is 43.3 Å². The Labute approximate surface area is 105 Å². The maximum atomic E-state index is 12.0. The van der Waals surface area contributed by atoms with Crippen LogP contribution < -0.4 is 0 Å². The Balaban J connectivity index is 2.50. The fourth-order valence-electron chi connectivity index (χ4n) is 2.39. The van der Waals surface area contributed by atoms with Gasteiger partial charge < -0.3 is 5.11 Å². The zero-order valence-corrected chi connectivity index (χ0v) is 11.7. The molecule has 0 radical (unpaired) electrons. The Morgan fingerprint density at radius 2 is 1.82 bits per heavy atom. The number of aliphatic hydroxyl groups excluding tert-OH is 1. The van der Waals surface area contributed by atoms with Gasteiger partial charge in [-0.3, -0.25) is 0 Å². The molecule has 0 amide bonds. The predicted molar refractivity (Wildman–Crippen MR) is 69.3 cm³/mol. The van der Waals surface area contributed by atoms with Gasteiger partial charge in [-0.1, -0.05) is 13.3 Å². The van der Waals surface area contributed by atoms with E-state index < -0.39 is 10.0 Å². The molecule has 102 valence electrons. The van der Waals surface area contributed by atoms with Crippen LogP contribution in [0.3, 0.4) is 0 Å². The monoisotopic (exact) mass is 263 g/mol. The molecule has 0 aromatic carbocycles. The van der Waals surface area contributed by atoms with Crippen molar-refractivity contribution < 1.29 is 13.5 Å². The first-order valence-corrected chi connectivity index (χ1v) is 8.18. The van der Waals surface area contributed by atoms with Crippen molar-refractivity contribution in [1.82, 2.24) is 4.31 Å². The van der Waals surface area contributed by atoms with Gasteiger partial charge in [0.25, 0.3) is 0 Å². The van der Waals surface area contributed by atoms with Gasteiger partial charge in [0.05, 0.1) is 5.75 Å². The molecule has 1 saturated carbocycles. The van der Waals surface area contributed by atoms with Crippen LogP contribution in [0.1, 0.15) is 45.4 Å². The molecular weight excluding hydrogens is 238 g/mol. The maximum Gasteiger partial charge on any atom is 0.214 e. The molecule has 0 bridgehead atoms. The zero-order valence-electron chi connectivity index (χ0n) is 10.9. The van der Waals surface area contributed by atoms with E-state index in [0.717, 1.165) is 38.5 Å². The highest BCUT2D eigenvalue weighted by atomic mass is 32.2. The van der Waals surface area contributed by atoms with Gasteiger partial charge in [-0.2, -0.15) is 0 Å². The van der Waals surface area contributed by atoms with E-state index in [-0.39, 0.29) is 18.4 Å². The molecule has 0 aromatic heterocycles. The van der Waals surface area contributed by atoms with Crippen molar-refractivity contribution in [2.24, 2.45) is 5.92 Å². The largest absolute Gasteiger partial charge is 0.396 e. The van der Waals surface area contributed by atoms with Crippen molar-refractivity contribution in [3.05, 3.63) is 0 Å². The first kappa shape index (κ1) is 14.9. The van der Waals surface area contributed by atoms with E-state index in [9.17, 15) is 8.42 Å². The summed E-state index contributed by atoms with van der Waals surface area (Å²) >= 11 is 0. The predicted octanol–water partition coefficient (Wildman–Crippen LogP) is 1.60. The summed E-state index contributed by atoms with van der Waals surface area (Å²) in [6.45, 7) is 2.24. The molecule has 0 aromatic rings. The lowest BCUT2D eigenvalue weighted by molar-refractivity contribution is 0.159. The number of nitrogens with zero attached hydrogens (tertiary/aromatic N) is 1. The first-order valence-electron chi connectivity index (χ1n) is 6.57. The number of hydrogen-bond acceptors (Lipinski definition) is 3. The summed E-state index contributed by atoms with van der Waals surface area (Å²) in [5.41, 5.74) is 0. The van der Waals surface area contributed by atoms with Crippen molar-refractivity contribution in [3.8, 4) is 0 Å². The molecule has 1 N–H and O–H groups in total. The zero-order chi connectivity index (χ0) is 12.9. The van der Waals surface area contributed by atoms with E-state index in [1.54, 1.807) is 11.4 Å². The van der Waals surface area contributed by atoms with Crippen LogP contribution in [0.25, 0.3) is 0 Å². The molecule has 1 aliphatic rings. The fourth-order valence-corrected chi connectivity index (χ4v) is 4.00. The van der Waals surface area contributed by atoms with Gasteiger partial charge in [0, 0.05) is 19.7 Å². The molecule has 0 unspecified atom stereocenters. The van der Waals surface area contributed by atoms with Gasteiger partial charge in [0.15, 0.2) is 0 Å². The minimum absolute atomic E-state index is 0.139. The van der Waals surface area contributed by atoms with Gasteiger partial charge in [-0.25, -0.2) is 12.7 Å². The van der Waals surface area contributed by atoms with E-state index in [1.807, 2.05) is 6.92 Å². The Morgan fingerprint density at radius 3 is 2.29 bits per heavy atom. The van der Waals surface area contributed by atoms with Crippen LogP contribution in [0, 0.1) is 5.92 Å². The van der Waals surface area contributed by atoms with Crippen LogP contribution in [0.5, 0.6) is 0 Å². The normalized spacial score (nSPS) is 26.4. The summed E-state index contributed by atoms with van der Waals surface area (Å²) in [6, 6.07) is 0.139. The molecule has 0 saturated heterocycles. The van der Waals surface area contributed by atoms with Crippen molar-refractivity contribution in [2.45, 2.75) is 51.5 Å². The quantitative estimate of drug-likeness (QED) is 0.792. The molecule has 1 aliphatic carbocycles. The Morgan fingerprint density at radius 1 is 1.24 bits per heavy atom. The molecule has 1 fully saturated rings. The molecule has 0 atom stereocenters. The lowest BCUT2D eigenvalue weighted by Gasteiger charge is -2.33. The van der Waals surface area contributed by atoms with E-state index in [1.165, 1.54) is 0 Å². The van der Waals surface area contributed by atoms with E-state index in [0.29, 0.717) is 5.92 Å². The minimum Gasteiger partial charge on any atom is -0.396 e. The van der Waals surface area contributed by atoms with Crippen molar-refractivity contribution in [3.63, 3.8) is 0 Å². The summed E-state index contributed by atoms with van der Waals surface area (Å²) < 4.78 is 25.6. The minimum atomic E-state index is -3.08. The summed E-state index contributed by atoms with van der Waals surface area (Å²) in [7, 11) is -1.37. The molecule has 4 nitrogen and oxygen atoms in total. The highest BCUT2D eigenvalue weighted by Gasteiger charge is 2.29. The summed E-state index contributed by atoms with van der Waals surface area (Å²) in [5.74, 6) is 0.637. The second kappa shape index (κ2) is 6.71. The maximum absolute atomic E-state index is 12.0. The molecule has 0 spiro atoms. The summed E-state index contributed by atoms with van der Waals surface area (Å²) in [6.07, 6.45) is 5.28. The van der Waals surface area contributed by atoms with E-state index in [2.05, 4.69) is 0 Å². The van der Waals surface area contributed by atoms with E-state index in [4.69, 9.17) is 5.11 Å². The fraction of sp³-hybridized carbons (Fsp3) is 1.00. The molecule has 17 heavy (non-hydrogen) atoms. The van der Waals surface area contributed by atoms with Crippen molar-refractivity contribution >= 4 is 10.0 Å². The first-order chi connectivity index (χ1) is 8.01. The Bertz CT molecular complexity index is 308. The SMILES string of the molecule is CCCCS(=O)(=O)N(C)C1CCC(CO)CC1. The number of sulfonamides is 1. The van der Waals surface area contributed by atoms with Crippen molar-refractivity contribution in [1.29, 1.82) is 0 Å². The van der Waals surface area contributed by atoms with Crippen molar-refractivity contribution in [2.75, 3.05) is 19.4 Å². The number of rotatable bonds is 6. The standard InChI is InChI=1S/C12H25NO3S/c1-3-4-9-17(15,16)13(2)12-7-5-11(10-14)6-8-12/h11-12,14H,3-10H2,1-2H3. The van der Waals surface area contributed by atoms with Crippen LogP contribution in [-0.2, 0) is 10.0 Å². The topological polar surface area (TPSA) is 57.6 Å². The molecule has 5 heteroatoms. The van der Waals surface area contributed by atoms with Gasteiger partial charge >= 0.3 is 0 Å². The summed E-state index contributed by atoms with van der Waals surface area (Å²) in [4.78, 5) is 0.